The molecule has 0 aliphatic heterocycles. The van der Waals surface area contributed by atoms with Crippen LogP contribution in [0.15, 0.2) is 41.1 Å². The van der Waals surface area contributed by atoms with E-state index in [4.69, 9.17) is 0 Å². The van der Waals surface area contributed by atoms with Crippen LogP contribution < -0.4 is 10.2 Å². The zero-order chi connectivity index (χ0) is 21.2. The summed E-state index contributed by atoms with van der Waals surface area (Å²) in [4.78, 5) is 29.3. The van der Waals surface area contributed by atoms with E-state index in [9.17, 15) is 9.59 Å². The number of carbonyl (C=O) groups excluding carboxylic acids is 2. The van der Waals surface area contributed by atoms with E-state index in [1.165, 1.54) is 16.2 Å². The molecule has 1 atom stereocenters. The van der Waals surface area contributed by atoms with Gasteiger partial charge in [-0.3, -0.25) is 14.5 Å². The number of amides is 2. The van der Waals surface area contributed by atoms with Crippen LogP contribution in [0.25, 0.3) is 0 Å². The minimum atomic E-state index is -0.815. The first-order chi connectivity index (χ1) is 13.7. The fraction of sp³-hybridized carbons (Fsp3) is 0.333. The molecule has 3 aromatic rings. The molecule has 0 fully saturated rings. The summed E-state index contributed by atoms with van der Waals surface area (Å²) in [5, 5.41) is 10.5. The Morgan fingerprint density at radius 2 is 1.93 bits per heavy atom. The number of hydrogen-bond acceptors (Lipinski definition) is 6. The zero-order valence-electron chi connectivity index (χ0n) is 17.1. The molecule has 2 heterocycles. The lowest BCUT2D eigenvalue weighted by molar-refractivity contribution is -0.123. The molecule has 1 N–H and O–H groups in total. The van der Waals surface area contributed by atoms with Crippen LogP contribution in [-0.4, -0.2) is 26.9 Å². The van der Waals surface area contributed by atoms with Gasteiger partial charge in [0, 0.05) is 21.5 Å². The summed E-state index contributed by atoms with van der Waals surface area (Å²) in [5.41, 5.74) is 2.38. The van der Waals surface area contributed by atoms with E-state index in [0.717, 1.165) is 27.5 Å². The summed E-state index contributed by atoms with van der Waals surface area (Å²) in [7, 11) is 0. The quantitative estimate of drug-likeness (QED) is 0.648. The normalized spacial score (nSPS) is 12.4. The van der Waals surface area contributed by atoms with Gasteiger partial charge >= 0.3 is 0 Å². The van der Waals surface area contributed by atoms with Crippen LogP contribution >= 0.6 is 22.9 Å². The highest BCUT2D eigenvalue weighted by molar-refractivity contribution is 7.10. The number of nitrogens with one attached hydrogen (secondary N) is 1. The molecule has 0 aliphatic carbocycles. The number of thiophene rings is 1. The van der Waals surface area contributed by atoms with Crippen molar-refractivity contribution >= 4 is 40.4 Å². The van der Waals surface area contributed by atoms with E-state index >= 15 is 0 Å². The van der Waals surface area contributed by atoms with Gasteiger partial charge in [-0.2, -0.15) is 0 Å². The maximum absolute atomic E-state index is 13.5. The van der Waals surface area contributed by atoms with E-state index in [-0.39, 0.29) is 17.5 Å². The number of benzene rings is 1. The predicted molar refractivity (Wildman–Crippen MR) is 118 cm³/mol. The number of anilines is 1. The zero-order valence-corrected chi connectivity index (χ0v) is 18.7. The van der Waals surface area contributed by atoms with Crippen molar-refractivity contribution < 1.29 is 9.59 Å². The van der Waals surface area contributed by atoms with Gasteiger partial charge in [0.2, 0.25) is 5.91 Å². The Balaban J connectivity index is 2.18. The number of aromatic nitrogens is 2. The third-order valence-corrected chi connectivity index (χ3v) is 5.81. The van der Waals surface area contributed by atoms with Crippen molar-refractivity contribution in [3.63, 3.8) is 0 Å². The summed E-state index contributed by atoms with van der Waals surface area (Å²) < 4.78 is 3.83. The predicted octanol–water partition coefficient (Wildman–Crippen LogP) is 4.52. The Morgan fingerprint density at radius 3 is 2.48 bits per heavy atom. The number of hydrogen-bond donors (Lipinski definition) is 1. The molecule has 152 valence electrons. The Kier molecular flexibility index (Phi) is 6.14. The SMILES string of the molecule is Cc1cccc(N(C(=O)c2csnn2)[C@@H](C(=O)NC(C)(C)C)c2sccc2C)c1. The Hall–Kier alpha value is -2.58. The number of rotatable bonds is 5. The van der Waals surface area contributed by atoms with E-state index in [0.29, 0.717) is 5.69 Å². The van der Waals surface area contributed by atoms with Crippen molar-refractivity contribution in [3.8, 4) is 0 Å². The highest BCUT2D eigenvalue weighted by Gasteiger charge is 2.37. The van der Waals surface area contributed by atoms with Crippen molar-refractivity contribution in [2.45, 2.75) is 46.2 Å². The van der Waals surface area contributed by atoms with E-state index in [1.807, 2.05) is 70.3 Å². The van der Waals surface area contributed by atoms with Crippen LogP contribution in [0.5, 0.6) is 0 Å². The third-order valence-electron chi connectivity index (χ3n) is 4.23. The second kappa shape index (κ2) is 8.42. The van der Waals surface area contributed by atoms with E-state index < -0.39 is 11.6 Å². The Labute approximate surface area is 178 Å². The highest BCUT2D eigenvalue weighted by atomic mass is 32.1. The maximum Gasteiger partial charge on any atom is 0.280 e. The first-order valence-electron chi connectivity index (χ1n) is 9.20. The molecule has 1 aromatic carbocycles. The molecule has 3 rings (SSSR count). The van der Waals surface area contributed by atoms with Gasteiger partial charge in [0.15, 0.2) is 11.7 Å². The maximum atomic E-state index is 13.5. The smallest absolute Gasteiger partial charge is 0.280 e. The van der Waals surface area contributed by atoms with Crippen LogP contribution in [0.2, 0.25) is 0 Å². The first-order valence-corrected chi connectivity index (χ1v) is 10.9. The lowest BCUT2D eigenvalue weighted by Crippen LogP contribution is -2.49. The van der Waals surface area contributed by atoms with Crippen molar-refractivity contribution in [2.24, 2.45) is 0 Å². The fourth-order valence-corrected chi connectivity index (χ4v) is 4.44. The van der Waals surface area contributed by atoms with Gasteiger partial charge in [0.05, 0.1) is 0 Å². The van der Waals surface area contributed by atoms with Crippen LogP contribution in [0, 0.1) is 13.8 Å². The molecule has 0 saturated heterocycles. The second-order valence-corrected chi connectivity index (χ2v) is 9.47. The molecular formula is C21H24N4O2S2. The first kappa shape index (κ1) is 21.1. The van der Waals surface area contributed by atoms with Crippen LogP contribution in [-0.2, 0) is 4.79 Å². The fourth-order valence-electron chi connectivity index (χ4n) is 3.00. The average molecular weight is 429 g/mol. The minimum Gasteiger partial charge on any atom is -0.349 e. The van der Waals surface area contributed by atoms with Gasteiger partial charge in [0.1, 0.15) is 0 Å². The third kappa shape index (κ3) is 4.89. The molecule has 8 heteroatoms. The molecular weight excluding hydrogens is 404 g/mol. The summed E-state index contributed by atoms with van der Waals surface area (Å²) >= 11 is 2.57. The van der Waals surface area contributed by atoms with Gasteiger partial charge in [-0.15, -0.1) is 16.4 Å². The monoisotopic (exact) mass is 428 g/mol. The topological polar surface area (TPSA) is 75.2 Å². The lowest BCUT2D eigenvalue weighted by Gasteiger charge is -2.33. The lowest BCUT2D eigenvalue weighted by atomic mass is 10.0. The summed E-state index contributed by atoms with van der Waals surface area (Å²) in [5.74, 6) is -0.590. The molecule has 2 aromatic heterocycles. The van der Waals surface area contributed by atoms with E-state index in [2.05, 4.69) is 14.9 Å². The Morgan fingerprint density at radius 1 is 1.17 bits per heavy atom. The molecule has 0 radical (unpaired) electrons. The van der Waals surface area contributed by atoms with Crippen molar-refractivity contribution in [3.05, 3.63) is 62.8 Å². The highest BCUT2D eigenvalue weighted by Crippen LogP contribution is 2.34. The van der Waals surface area contributed by atoms with Crippen LogP contribution in [0.3, 0.4) is 0 Å². The molecule has 29 heavy (non-hydrogen) atoms. The molecule has 0 aliphatic rings. The minimum absolute atomic E-state index is 0.222. The van der Waals surface area contributed by atoms with Gasteiger partial charge in [-0.25, -0.2) is 0 Å². The molecule has 0 saturated carbocycles. The van der Waals surface area contributed by atoms with Gasteiger partial charge in [0.25, 0.3) is 5.91 Å². The molecule has 2 amide bonds. The summed E-state index contributed by atoms with van der Waals surface area (Å²) in [6, 6.07) is 8.72. The van der Waals surface area contributed by atoms with Crippen molar-refractivity contribution in [1.82, 2.24) is 14.9 Å². The standard InChI is InChI=1S/C21H24N4O2S2/c1-13-7-6-8-15(11-13)25(20(27)16-12-29-24-23-16)17(18-14(2)9-10-28-18)19(26)22-21(3,4)5/h6-12,17H,1-5H3,(H,22,26)/t17-/m1/s1. The van der Waals surface area contributed by atoms with Crippen LogP contribution in [0.1, 0.15) is 53.3 Å². The number of aryl methyl sites for hydroxylation is 2. The summed E-state index contributed by atoms with van der Waals surface area (Å²) in [6.07, 6.45) is 0. The number of carbonyl (C=O) groups is 2. The van der Waals surface area contributed by atoms with Gasteiger partial charge in [-0.1, -0.05) is 16.6 Å². The van der Waals surface area contributed by atoms with Crippen molar-refractivity contribution in [1.29, 1.82) is 0 Å². The average Bonchev–Trinajstić information content (AvgIpc) is 3.29. The Bertz CT molecular complexity index is 1010. The molecule has 0 unspecified atom stereocenters. The summed E-state index contributed by atoms with van der Waals surface area (Å²) in [6.45, 7) is 9.68. The van der Waals surface area contributed by atoms with Gasteiger partial charge < -0.3 is 5.32 Å². The van der Waals surface area contributed by atoms with Gasteiger partial charge in [-0.05, 0) is 80.9 Å². The molecule has 6 nitrogen and oxygen atoms in total. The molecule has 0 bridgehead atoms. The second-order valence-electron chi connectivity index (χ2n) is 7.91. The number of nitrogens with zero attached hydrogens (tertiary/aromatic N) is 3. The van der Waals surface area contributed by atoms with E-state index in [1.54, 1.807) is 5.38 Å². The van der Waals surface area contributed by atoms with Crippen molar-refractivity contribution in [2.75, 3.05) is 4.90 Å². The molecule has 0 spiro atoms. The largest absolute Gasteiger partial charge is 0.349 e. The van der Waals surface area contributed by atoms with Crippen LogP contribution in [0.4, 0.5) is 5.69 Å².